The lowest BCUT2D eigenvalue weighted by Crippen LogP contribution is -2.29. The van der Waals surface area contributed by atoms with Crippen LogP contribution in [0.1, 0.15) is 58.3 Å². The van der Waals surface area contributed by atoms with E-state index in [9.17, 15) is 13.2 Å². The van der Waals surface area contributed by atoms with Crippen LogP contribution in [0.3, 0.4) is 0 Å². The van der Waals surface area contributed by atoms with Crippen molar-refractivity contribution in [1.29, 1.82) is 0 Å². The summed E-state index contributed by atoms with van der Waals surface area (Å²) in [4.78, 5) is 0. The smallest absolute Gasteiger partial charge is 0.317 e. The van der Waals surface area contributed by atoms with Crippen molar-refractivity contribution >= 4 is 15.9 Å². The summed E-state index contributed by atoms with van der Waals surface area (Å²) in [5.41, 5.74) is 0. The molecule has 0 aromatic rings. The maximum absolute atomic E-state index is 12.6. The van der Waals surface area contributed by atoms with Gasteiger partial charge in [0.05, 0.1) is 6.61 Å². The van der Waals surface area contributed by atoms with Gasteiger partial charge in [-0.25, -0.2) is 4.39 Å². The van der Waals surface area contributed by atoms with Gasteiger partial charge in [0.1, 0.15) is 0 Å². The number of alkyl halides is 4. The minimum Gasteiger partial charge on any atom is -0.317 e. The molecule has 0 bridgehead atoms. The van der Waals surface area contributed by atoms with Gasteiger partial charge in [0.2, 0.25) is 5.08 Å². The molecule has 5 heteroatoms. The Kier molecular flexibility index (Phi) is 10.3. The topological polar surface area (TPSA) is 9.23 Å². The summed E-state index contributed by atoms with van der Waals surface area (Å²) in [6.07, 6.45) is 4.83. The minimum atomic E-state index is -3.71. The summed E-state index contributed by atoms with van der Waals surface area (Å²) in [6.45, 7) is 2.08. The highest BCUT2D eigenvalue weighted by atomic mass is 79.9. The Morgan fingerprint density at radius 2 is 1.47 bits per heavy atom. The van der Waals surface area contributed by atoms with Gasteiger partial charge in [0.25, 0.3) is 0 Å². The van der Waals surface area contributed by atoms with Crippen LogP contribution in [-0.2, 0) is 4.74 Å². The van der Waals surface area contributed by atoms with Crippen LogP contribution in [0, 0.1) is 0 Å². The monoisotopic (exact) mass is 318 g/mol. The molecule has 0 N–H and O–H groups in total. The van der Waals surface area contributed by atoms with Gasteiger partial charge in [0, 0.05) is 0 Å². The first kappa shape index (κ1) is 17.2. The van der Waals surface area contributed by atoms with Crippen molar-refractivity contribution in [3.63, 3.8) is 0 Å². The highest BCUT2D eigenvalue weighted by molar-refractivity contribution is 9.09. The molecule has 0 aromatic heterocycles. The molecule has 0 saturated carbocycles. The number of hydrogen-bond donors (Lipinski definition) is 0. The van der Waals surface area contributed by atoms with Crippen LogP contribution >= 0.6 is 15.9 Å². The van der Waals surface area contributed by atoms with Crippen molar-refractivity contribution in [2.75, 3.05) is 6.61 Å². The van der Waals surface area contributed by atoms with Gasteiger partial charge >= 0.3 is 6.11 Å². The van der Waals surface area contributed by atoms with Gasteiger partial charge < -0.3 is 4.74 Å². The van der Waals surface area contributed by atoms with E-state index in [1.807, 2.05) is 0 Å². The predicted octanol–water partition coefficient (Wildman–Crippen LogP) is 5.43. The van der Waals surface area contributed by atoms with Gasteiger partial charge in [-0.2, -0.15) is 8.78 Å². The quantitative estimate of drug-likeness (QED) is 0.365. The molecular formula is C12H22BrF3O. The van der Waals surface area contributed by atoms with Crippen LogP contribution in [0.5, 0.6) is 0 Å². The van der Waals surface area contributed by atoms with Gasteiger partial charge in [-0.15, -0.1) is 0 Å². The lowest BCUT2D eigenvalue weighted by atomic mass is 10.1. The van der Waals surface area contributed by atoms with Crippen molar-refractivity contribution in [3.8, 4) is 0 Å². The molecule has 17 heavy (non-hydrogen) atoms. The number of ether oxygens (including phenoxy) is 1. The van der Waals surface area contributed by atoms with E-state index in [0.717, 1.165) is 19.3 Å². The first-order chi connectivity index (χ1) is 8.00. The van der Waals surface area contributed by atoms with Crippen LogP contribution in [0.4, 0.5) is 13.2 Å². The van der Waals surface area contributed by atoms with Crippen molar-refractivity contribution < 1.29 is 17.9 Å². The fourth-order valence-electron chi connectivity index (χ4n) is 1.51. The summed E-state index contributed by atoms with van der Waals surface area (Å²) < 4.78 is 41.7. The summed E-state index contributed by atoms with van der Waals surface area (Å²) in [5.74, 6) is 0. The van der Waals surface area contributed by atoms with Crippen LogP contribution < -0.4 is 0 Å². The predicted molar refractivity (Wildman–Crippen MR) is 67.3 cm³/mol. The second-order valence-corrected chi connectivity index (χ2v) is 4.99. The third-order valence-corrected chi connectivity index (χ3v) is 3.08. The number of unbranched alkanes of at least 4 members (excludes halogenated alkanes) is 7. The summed E-state index contributed by atoms with van der Waals surface area (Å²) in [6, 6.07) is 0. The fraction of sp³-hybridized carbons (Fsp3) is 1.00. The van der Waals surface area contributed by atoms with Crippen molar-refractivity contribution in [2.45, 2.75) is 69.5 Å². The fourth-order valence-corrected chi connectivity index (χ4v) is 1.64. The zero-order valence-electron chi connectivity index (χ0n) is 10.4. The maximum atomic E-state index is 12.6. The minimum absolute atomic E-state index is 0.0893. The Balaban J connectivity index is 3.24. The zero-order valence-corrected chi connectivity index (χ0v) is 11.9. The molecule has 0 aliphatic heterocycles. The molecule has 0 aromatic carbocycles. The van der Waals surface area contributed by atoms with E-state index < -0.39 is 11.2 Å². The molecule has 0 aliphatic rings. The summed E-state index contributed by atoms with van der Waals surface area (Å²) >= 11 is 2.17. The highest BCUT2D eigenvalue weighted by Crippen LogP contribution is 2.27. The molecule has 0 fully saturated rings. The summed E-state index contributed by atoms with van der Waals surface area (Å²) in [7, 11) is 0. The van der Waals surface area contributed by atoms with Crippen molar-refractivity contribution in [3.05, 3.63) is 0 Å². The van der Waals surface area contributed by atoms with Crippen LogP contribution in [0.15, 0.2) is 0 Å². The molecule has 0 saturated heterocycles. The van der Waals surface area contributed by atoms with Gasteiger partial charge in [-0.3, -0.25) is 0 Å². The standard InChI is InChI=1S/C12H22BrF3O/c1-2-3-4-5-6-7-8-9-10-17-12(15,16)11(13)14/h11H,2-10H2,1H3. The molecule has 0 amide bonds. The van der Waals surface area contributed by atoms with E-state index in [0.29, 0.717) is 6.42 Å². The molecule has 104 valence electrons. The molecule has 0 spiro atoms. The summed E-state index contributed by atoms with van der Waals surface area (Å²) in [5, 5.41) is -2.43. The van der Waals surface area contributed by atoms with E-state index in [2.05, 4.69) is 27.6 Å². The number of halogens is 4. The first-order valence-corrected chi connectivity index (χ1v) is 7.22. The Labute approximate surface area is 110 Å². The molecule has 1 atom stereocenters. The number of rotatable bonds is 11. The molecule has 1 unspecified atom stereocenters. The second kappa shape index (κ2) is 10.2. The van der Waals surface area contributed by atoms with E-state index in [1.165, 1.54) is 25.7 Å². The molecule has 0 aliphatic carbocycles. The molecule has 0 heterocycles. The number of hydrogen-bond acceptors (Lipinski definition) is 1. The van der Waals surface area contributed by atoms with E-state index >= 15 is 0 Å². The Bertz CT molecular complexity index is 177. The Morgan fingerprint density at radius 1 is 1.00 bits per heavy atom. The lowest BCUT2D eigenvalue weighted by molar-refractivity contribution is -0.253. The Morgan fingerprint density at radius 3 is 1.94 bits per heavy atom. The molecular weight excluding hydrogens is 297 g/mol. The van der Waals surface area contributed by atoms with Gasteiger partial charge in [0.15, 0.2) is 0 Å². The van der Waals surface area contributed by atoms with Crippen LogP contribution in [0.2, 0.25) is 0 Å². The third-order valence-electron chi connectivity index (χ3n) is 2.55. The van der Waals surface area contributed by atoms with Crippen molar-refractivity contribution in [2.24, 2.45) is 0 Å². The SMILES string of the molecule is CCCCCCCCCCOC(F)(F)C(F)Br. The average Bonchev–Trinajstić information content (AvgIpc) is 2.26. The third kappa shape index (κ3) is 9.89. The maximum Gasteiger partial charge on any atom is 0.396 e. The zero-order chi connectivity index (χ0) is 13.1. The largest absolute Gasteiger partial charge is 0.396 e. The Hall–Kier alpha value is 0.230. The van der Waals surface area contributed by atoms with E-state index in [1.54, 1.807) is 0 Å². The average molecular weight is 319 g/mol. The normalized spacial score (nSPS) is 13.9. The van der Waals surface area contributed by atoms with Gasteiger partial charge in [-0.1, -0.05) is 51.9 Å². The van der Waals surface area contributed by atoms with Crippen molar-refractivity contribution in [1.82, 2.24) is 0 Å². The lowest BCUT2D eigenvalue weighted by Gasteiger charge is -2.16. The first-order valence-electron chi connectivity index (χ1n) is 6.30. The van der Waals surface area contributed by atoms with Crippen LogP contribution in [-0.4, -0.2) is 17.8 Å². The highest BCUT2D eigenvalue weighted by Gasteiger charge is 2.39. The molecule has 0 radical (unpaired) electrons. The van der Waals surface area contributed by atoms with E-state index in [-0.39, 0.29) is 6.61 Å². The molecule has 0 rings (SSSR count). The second-order valence-electron chi connectivity index (χ2n) is 4.19. The van der Waals surface area contributed by atoms with Crippen LogP contribution in [0.25, 0.3) is 0 Å². The van der Waals surface area contributed by atoms with E-state index in [4.69, 9.17) is 0 Å². The van der Waals surface area contributed by atoms with Gasteiger partial charge in [-0.05, 0) is 22.4 Å². The molecule has 1 nitrogen and oxygen atoms in total.